The molecule has 1 amide bonds. The van der Waals surface area contributed by atoms with Crippen molar-refractivity contribution in [1.82, 2.24) is 5.32 Å². The minimum atomic E-state index is -5.21. The third kappa shape index (κ3) is 2.36. The second-order valence-corrected chi connectivity index (χ2v) is 3.96. The summed E-state index contributed by atoms with van der Waals surface area (Å²) in [5.74, 6) is -4.54. The number of alkyl halides is 6. The summed E-state index contributed by atoms with van der Waals surface area (Å²) in [5.41, 5.74) is -3.07. The van der Waals surface area contributed by atoms with Crippen LogP contribution in [0.15, 0.2) is 0 Å². The molecule has 1 aliphatic rings. The zero-order valence-electron chi connectivity index (χ0n) is 8.52. The molecule has 1 saturated carbocycles. The van der Waals surface area contributed by atoms with Gasteiger partial charge in [-0.15, -0.1) is 0 Å². The molecule has 0 bridgehead atoms. The van der Waals surface area contributed by atoms with Gasteiger partial charge in [-0.1, -0.05) is 0 Å². The summed E-state index contributed by atoms with van der Waals surface area (Å²) in [5, 5.41) is 9.79. The van der Waals surface area contributed by atoms with E-state index in [1.807, 2.05) is 0 Å². The van der Waals surface area contributed by atoms with Gasteiger partial charge in [-0.3, -0.25) is 9.59 Å². The van der Waals surface area contributed by atoms with E-state index in [9.17, 15) is 35.9 Å². The molecule has 0 aromatic carbocycles. The maximum atomic E-state index is 12.4. The van der Waals surface area contributed by atoms with E-state index in [0.29, 0.717) is 0 Å². The quantitative estimate of drug-likeness (QED) is 0.752. The average Bonchev–Trinajstić information content (AvgIpc) is 2.04. The Bertz CT molecular complexity index is 368. The molecule has 4 nitrogen and oxygen atoms in total. The van der Waals surface area contributed by atoms with Gasteiger partial charge < -0.3 is 10.4 Å². The Kier molecular flexibility index (Phi) is 3.26. The van der Waals surface area contributed by atoms with Crippen LogP contribution in [0.4, 0.5) is 26.3 Å². The van der Waals surface area contributed by atoms with Crippen LogP contribution >= 0.6 is 0 Å². The lowest BCUT2D eigenvalue weighted by Gasteiger charge is -2.45. The minimum Gasteiger partial charge on any atom is -0.481 e. The summed E-state index contributed by atoms with van der Waals surface area (Å²) in [7, 11) is 0. The van der Waals surface area contributed by atoms with Crippen LogP contribution in [0, 0.1) is 5.41 Å². The number of halogens is 6. The molecule has 1 aliphatic carbocycles. The molecule has 0 saturated heterocycles. The highest BCUT2D eigenvalue weighted by molar-refractivity contribution is 5.83. The monoisotopic (exact) mass is 279 g/mol. The number of carboxylic acid groups (broad SMARTS) is 1. The molecule has 0 atom stereocenters. The summed E-state index contributed by atoms with van der Waals surface area (Å²) in [6.07, 6.45) is -12.5. The van der Waals surface area contributed by atoms with Gasteiger partial charge in [-0.25, -0.2) is 0 Å². The van der Waals surface area contributed by atoms with Crippen molar-refractivity contribution in [3.63, 3.8) is 0 Å². The highest BCUT2D eigenvalue weighted by Gasteiger charge is 2.68. The van der Waals surface area contributed by atoms with E-state index < -0.39 is 48.5 Å². The molecule has 2 N–H and O–H groups in total. The fraction of sp³-hybridized carbons (Fsp3) is 0.750. The summed E-state index contributed by atoms with van der Waals surface area (Å²) in [4.78, 5) is 21.0. The molecule has 1 rings (SSSR count). The second-order valence-electron chi connectivity index (χ2n) is 3.96. The Hall–Kier alpha value is -1.48. The van der Waals surface area contributed by atoms with Crippen LogP contribution < -0.4 is 5.32 Å². The third-order valence-electron chi connectivity index (χ3n) is 2.73. The molecule has 18 heavy (non-hydrogen) atoms. The van der Waals surface area contributed by atoms with Crippen molar-refractivity contribution in [2.24, 2.45) is 5.41 Å². The minimum absolute atomic E-state index is 1.10. The first kappa shape index (κ1) is 14.6. The van der Waals surface area contributed by atoms with Gasteiger partial charge >= 0.3 is 24.2 Å². The molecule has 0 heterocycles. The van der Waals surface area contributed by atoms with Crippen LogP contribution in [0.5, 0.6) is 0 Å². The first-order valence-corrected chi connectivity index (χ1v) is 4.58. The molecule has 1 fully saturated rings. The summed E-state index contributed by atoms with van der Waals surface area (Å²) in [6.45, 7) is 0. The van der Waals surface area contributed by atoms with Gasteiger partial charge in [0.25, 0.3) is 0 Å². The van der Waals surface area contributed by atoms with Crippen molar-refractivity contribution in [3.8, 4) is 0 Å². The number of rotatable bonds is 2. The zero-order valence-corrected chi connectivity index (χ0v) is 8.52. The number of nitrogens with one attached hydrogen (secondary N) is 1. The number of carbonyl (C=O) groups is 2. The van der Waals surface area contributed by atoms with Crippen LogP contribution in [0.2, 0.25) is 0 Å². The van der Waals surface area contributed by atoms with Crippen molar-refractivity contribution in [2.45, 2.75) is 31.2 Å². The van der Waals surface area contributed by atoms with Gasteiger partial charge in [0.2, 0.25) is 0 Å². The smallest absolute Gasteiger partial charge is 0.471 e. The first-order chi connectivity index (χ1) is 7.90. The van der Waals surface area contributed by atoms with Gasteiger partial charge in [-0.05, 0) is 12.8 Å². The number of amides is 1. The third-order valence-corrected chi connectivity index (χ3v) is 2.73. The van der Waals surface area contributed by atoms with Gasteiger partial charge in [0.1, 0.15) is 0 Å². The van der Waals surface area contributed by atoms with E-state index in [-0.39, 0.29) is 0 Å². The number of carbonyl (C=O) groups excluding carboxylic acids is 1. The van der Waals surface area contributed by atoms with E-state index in [4.69, 9.17) is 5.11 Å². The lowest BCUT2D eigenvalue weighted by Crippen LogP contribution is -2.62. The van der Waals surface area contributed by atoms with Gasteiger partial charge in [-0.2, -0.15) is 26.3 Å². The standard InChI is InChI=1S/C8H7F6NO3/c9-7(10,11)4(16)15-3-1-6(2-3,5(17)18)8(12,13)14/h3H,1-2H2,(H,15,16)(H,17,18). The SMILES string of the molecule is O=C(NC1CC(C(=O)O)(C(F)(F)F)C1)C(F)(F)F. The predicted octanol–water partition coefficient (Wildman–Crippen LogP) is 1.46. The highest BCUT2D eigenvalue weighted by atomic mass is 19.4. The first-order valence-electron chi connectivity index (χ1n) is 4.58. The van der Waals surface area contributed by atoms with E-state index in [0.717, 1.165) is 0 Å². The normalized spacial score (nSPS) is 28.4. The summed E-state index contributed by atoms with van der Waals surface area (Å²) < 4.78 is 72.7. The maximum absolute atomic E-state index is 12.4. The Labute approximate surface area is 95.9 Å². The number of aliphatic carboxylic acids is 1. The van der Waals surface area contributed by atoms with E-state index >= 15 is 0 Å². The fourth-order valence-electron chi connectivity index (χ4n) is 1.68. The Balaban J connectivity index is 2.67. The molecule has 0 aliphatic heterocycles. The largest absolute Gasteiger partial charge is 0.481 e. The zero-order chi connectivity index (χ0) is 14.4. The maximum Gasteiger partial charge on any atom is 0.471 e. The Morgan fingerprint density at radius 3 is 1.83 bits per heavy atom. The van der Waals surface area contributed by atoms with Crippen molar-refractivity contribution in [3.05, 3.63) is 0 Å². The van der Waals surface area contributed by atoms with Crippen LogP contribution in [0.1, 0.15) is 12.8 Å². The molecule has 0 aromatic rings. The van der Waals surface area contributed by atoms with Gasteiger partial charge in [0.05, 0.1) is 0 Å². The number of hydrogen-bond acceptors (Lipinski definition) is 2. The molecule has 10 heteroatoms. The van der Waals surface area contributed by atoms with Crippen LogP contribution in [0.25, 0.3) is 0 Å². The predicted molar refractivity (Wildman–Crippen MR) is 43.3 cm³/mol. The lowest BCUT2D eigenvalue weighted by atomic mass is 9.64. The lowest BCUT2D eigenvalue weighted by molar-refractivity contribution is -0.257. The molecule has 0 radical (unpaired) electrons. The number of hydrogen-bond donors (Lipinski definition) is 2. The van der Waals surface area contributed by atoms with Crippen LogP contribution in [-0.4, -0.2) is 35.4 Å². The van der Waals surface area contributed by atoms with E-state index in [1.165, 1.54) is 5.32 Å². The van der Waals surface area contributed by atoms with Gasteiger partial charge in [0.15, 0.2) is 5.41 Å². The highest BCUT2D eigenvalue weighted by Crippen LogP contribution is 2.53. The second kappa shape index (κ2) is 4.02. The molecule has 104 valence electrons. The topological polar surface area (TPSA) is 66.4 Å². The van der Waals surface area contributed by atoms with Crippen molar-refractivity contribution < 1.29 is 41.0 Å². The molecule has 0 spiro atoms. The van der Waals surface area contributed by atoms with Crippen LogP contribution in [-0.2, 0) is 9.59 Å². The summed E-state index contributed by atoms with van der Waals surface area (Å²) >= 11 is 0. The van der Waals surface area contributed by atoms with Gasteiger partial charge in [0, 0.05) is 6.04 Å². The van der Waals surface area contributed by atoms with Crippen molar-refractivity contribution in [2.75, 3.05) is 0 Å². The van der Waals surface area contributed by atoms with Crippen LogP contribution in [0.3, 0.4) is 0 Å². The Morgan fingerprint density at radius 2 is 1.56 bits per heavy atom. The molecule has 0 aromatic heterocycles. The van der Waals surface area contributed by atoms with E-state index in [1.54, 1.807) is 0 Å². The summed E-state index contributed by atoms with van der Waals surface area (Å²) in [6, 6.07) is -1.45. The Morgan fingerprint density at radius 1 is 1.11 bits per heavy atom. The van der Waals surface area contributed by atoms with Crippen molar-refractivity contribution in [1.29, 1.82) is 0 Å². The molecule has 0 unspecified atom stereocenters. The molecular formula is C8H7F6NO3. The molecular weight excluding hydrogens is 272 g/mol. The fourth-order valence-corrected chi connectivity index (χ4v) is 1.68. The number of carboxylic acids is 1. The average molecular weight is 279 g/mol. The van der Waals surface area contributed by atoms with E-state index in [2.05, 4.69) is 0 Å². The van der Waals surface area contributed by atoms with Crippen molar-refractivity contribution >= 4 is 11.9 Å².